The van der Waals surface area contributed by atoms with Crippen LogP contribution in [0.1, 0.15) is 36.2 Å². The molecule has 1 fully saturated rings. The normalized spacial score (nSPS) is 22.1. The molecule has 5 nitrogen and oxygen atoms in total. The number of pyridine rings is 1. The second kappa shape index (κ2) is 5.69. The second-order valence-corrected chi connectivity index (χ2v) is 5.55. The van der Waals surface area contributed by atoms with Crippen molar-refractivity contribution >= 4 is 22.5 Å². The zero-order chi connectivity index (χ0) is 14.8. The highest BCUT2D eigenvalue weighted by Crippen LogP contribution is 2.21. The van der Waals surface area contributed by atoms with Crippen LogP contribution >= 0.6 is 0 Å². The maximum absolute atomic E-state index is 12.3. The summed E-state index contributed by atoms with van der Waals surface area (Å²) in [4.78, 5) is 16.7. The molecule has 0 radical (unpaired) electrons. The number of benzene rings is 1. The number of nitrogen functional groups attached to an aromatic ring is 1. The van der Waals surface area contributed by atoms with E-state index in [9.17, 15) is 9.90 Å². The van der Waals surface area contributed by atoms with E-state index in [4.69, 9.17) is 5.73 Å². The largest absolute Gasteiger partial charge is 0.398 e. The Bertz CT molecular complexity index is 672. The summed E-state index contributed by atoms with van der Waals surface area (Å²) in [6, 6.07) is 8.86. The topological polar surface area (TPSA) is 88.2 Å². The van der Waals surface area contributed by atoms with Crippen LogP contribution < -0.4 is 11.1 Å². The molecule has 1 amide bonds. The van der Waals surface area contributed by atoms with Crippen LogP contribution in [0.2, 0.25) is 0 Å². The van der Waals surface area contributed by atoms with Crippen molar-refractivity contribution in [3.63, 3.8) is 0 Å². The summed E-state index contributed by atoms with van der Waals surface area (Å²) in [6.45, 7) is 0. The smallest absolute Gasteiger partial charge is 0.270 e. The number of nitrogens with one attached hydrogen (secondary N) is 1. The lowest BCUT2D eigenvalue weighted by molar-refractivity contribution is 0.0714. The van der Waals surface area contributed by atoms with E-state index in [2.05, 4.69) is 10.3 Å². The molecule has 5 heteroatoms. The van der Waals surface area contributed by atoms with E-state index in [-0.39, 0.29) is 11.9 Å². The summed E-state index contributed by atoms with van der Waals surface area (Å²) in [5.41, 5.74) is 7.52. The fourth-order valence-corrected chi connectivity index (χ4v) is 2.84. The van der Waals surface area contributed by atoms with Gasteiger partial charge < -0.3 is 16.2 Å². The molecule has 0 aliphatic heterocycles. The maximum Gasteiger partial charge on any atom is 0.270 e. The molecule has 2 aromatic rings. The number of aromatic nitrogens is 1. The molecule has 21 heavy (non-hydrogen) atoms. The van der Waals surface area contributed by atoms with Gasteiger partial charge in [0.05, 0.1) is 17.7 Å². The first-order valence-electron chi connectivity index (χ1n) is 7.29. The van der Waals surface area contributed by atoms with Crippen molar-refractivity contribution in [1.29, 1.82) is 0 Å². The summed E-state index contributed by atoms with van der Waals surface area (Å²) in [6.07, 6.45) is 3.10. The minimum Gasteiger partial charge on any atom is -0.398 e. The van der Waals surface area contributed by atoms with Crippen LogP contribution in [0.15, 0.2) is 30.3 Å². The molecule has 4 N–H and O–H groups in total. The van der Waals surface area contributed by atoms with Crippen molar-refractivity contribution in [2.45, 2.75) is 37.8 Å². The Balaban J connectivity index is 1.84. The maximum atomic E-state index is 12.3. The first kappa shape index (κ1) is 13.8. The average Bonchev–Trinajstić information content (AvgIpc) is 2.49. The highest BCUT2D eigenvalue weighted by Gasteiger charge is 2.25. The summed E-state index contributed by atoms with van der Waals surface area (Å²) in [5, 5.41) is 13.6. The van der Waals surface area contributed by atoms with Crippen LogP contribution in [0.5, 0.6) is 0 Å². The number of fused-ring (bicyclic) bond motifs is 1. The Morgan fingerprint density at radius 1 is 1.29 bits per heavy atom. The Morgan fingerprint density at radius 3 is 2.86 bits per heavy atom. The van der Waals surface area contributed by atoms with Gasteiger partial charge in [-0.15, -0.1) is 0 Å². The van der Waals surface area contributed by atoms with Gasteiger partial charge >= 0.3 is 0 Å². The van der Waals surface area contributed by atoms with Crippen LogP contribution in [0.25, 0.3) is 10.9 Å². The van der Waals surface area contributed by atoms with Crippen LogP contribution in [0.3, 0.4) is 0 Å². The Kier molecular flexibility index (Phi) is 3.75. The number of nitrogens with two attached hydrogens (primary N) is 1. The Labute approximate surface area is 123 Å². The van der Waals surface area contributed by atoms with E-state index < -0.39 is 6.10 Å². The Morgan fingerprint density at radius 2 is 2.05 bits per heavy atom. The van der Waals surface area contributed by atoms with Gasteiger partial charge in [-0.1, -0.05) is 31.0 Å². The van der Waals surface area contributed by atoms with Crippen molar-refractivity contribution in [3.8, 4) is 0 Å². The lowest BCUT2D eigenvalue weighted by Gasteiger charge is -2.28. The van der Waals surface area contributed by atoms with Crippen molar-refractivity contribution in [1.82, 2.24) is 10.3 Å². The minimum absolute atomic E-state index is 0.194. The molecule has 3 rings (SSSR count). The van der Waals surface area contributed by atoms with Gasteiger partial charge in [-0.25, -0.2) is 4.98 Å². The number of carbonyl (C=O) groups is 1. The number of nitrogens with zero attached hydrogens (tertiary/aromatic N) is 1. The van der Waals surface area contributed by atoms with Crippen molar-refractivity contribution in [2.75, 3.05) is 5.73 Å². The molecule has 2 atom stereocenters. The number of hydrogen-bond acceptors (Lipinski definition) is 4. The van der Waals surface area contributed by atoms with Crippen molar-refractivity contribution < 1.29 is 9.90 Å². The molecular formula is C16H19N3O2. The number of aliphatic hydroxyl groups excluding tert-OH is 1. The van der Waals surface area contributed by atoms with E-state index in [1.54, 1.807) is 6.07 Å². The fraction of sp³-hybridized carbons (Fsp3) is 0.375. The zero-order valence-electron chi connectivity index (χ0n) is 11.7. The van der Waals surface area contributed by atoms with Gasteiger partial charge in [0.25, 0.3) is 5.91 Å². The average molecular weight is 285 g/mol. The van der Waals surface area contributed by atoms with Crippen LogP contribution in [0.4, 0.5) is 5.69 Å². The van der Waals surface area contributed by atoms with Gasteiger partial charge in [0, 0.05) is 11.1 Å². The molecule has 0 spiro atoms. The van der Waals surface area contributed by atoms with Gasteiger partial charge in [0.2, 0.25) is 0 Å². The summed E-state index contributed by atoms with van der Waals surface area (Å²) >= 11 is 0. The lowest BCUT2D eigenvalue weighted by atomic mass is 9.92. The molecule has 1 aromatic carbocycles. The quantitative estimate of drug-likeness (QED) is 0.785. The first-order valence-corrected chi connectivity index (χ1v) is 7.29. The number of para-hydroxylation sites is 1. The molecule has 110 valence electrons. The Hall–Kier alpha value is -2.14. The van der Waals surface area contributed by atoms with Gasteiger partial charge in [-0.3, -0.25) is 4.79 Å². The van der Waals surface area contributed by atoms with Crippen molar-refractivity contribution in [2.24, 2.45) is 0 Å². The highest BCUT2D eigenvalue weighted by atomic mass is 16.3. The van der Waals surface area contributed by atoms with E-state index in [0.717, 1.165) is 31.1 Å². The molecule has 1 heterocycles. The number of carbonyl (C=O) groups excluding carboxylic acids is 1. The molecule has 0 bridgehead atoms. The first-order chi connectivity index (χ1) is 10.1. The fourth-order valence-electron chi connectivity index (χ4n) is 2.84. The number of rotatable bonds is 2. The number of amides is 1. The number of aliphatic hydroxyl groups is 1. The summed E-state index contributed by atoms with van der Waals surface area (Å²) < 4.78 is 0. The van der Waals surface area contributed by atoms with Gasteiger partial charge in [-0.05, 0) is 25.0 Å². The highest BCUT2D eigenvalue weighted by molar-refractivity contribution is 5.99. The molecule has 0 unspecified atom stereocenters. The van der Waals surface area contributed by atoms with Crippen LogP contribution in [-0.2, 0) is 0 Å². The van der Waals surface area contributed by atoms with E-state index >= 15 is 0 Å². The van der Waals surface area contributed by atoms with E-state index in [1.165, 1.54) is 0 Å². The molecule has 0 saturated heterocycles. The third-order valence-corrected chi connectivity index (χ3v) is 4.03. The predicted molar refractivity (Wildman–Crippen MR) is 81.9 cm³/mol. The molecular weight excluding hydrogens is 266 g/mol. The monoisotopic (exact) mass is 285 g/mol. The third kappa shape index (κ3) is 2.83. The molecule has 1 saturated carbocycles. The number of hydrogen-bond donors (Lipinski definition) is 3. The van der Waals surface area contributed by atoms with E-state index in [1.807, 2.05) is 24.3 Å². The van der Waals surface area contributed by atoms with Crippen LogP contribution in [0, 0.1) is 0 Å². The number of anilines is 1. The molecule has 1 aliphatic carbocycles. The molecule has 1 aromatic heterocycles. The van der Waals surface area contributed by atoms with Gasteiger partial charge in [0.15, 0.2) is 0 Å². The second-order valence-electron chi connectivity index (χ2n) is 5.55. The molecule has 1 aliphatic rings. The zero-order valence-corrected chi connectivity index (χ0v) is 11.7. The van der Waals surface area contributed by atoms with Gasteiger partial charge in [-0.2, -0.15) is 0 Å². The van der Waals surface area contributed by atoms with Crippen molar-refractivity contribution in [3.05, 3.63) is 36.0 Å². The minimum atomic E-state index is -0.472. The standard InChI is InChI=1S/C16H19N3O2/c17-11-9-14(18-12-6-2-1-5-10(11)12)16(21)19-13-7-3-4-8-15(13)20/h1-2,5-6,9,13,15,20H,3-4,7-8H2,(H2,17,18)(H,19,21)/t13-,15-/m0/s1. The van der Waals surface area contributed by atoms with Gasteiger partial charge in [0.1, 0.15) is 5.69 Å². The SMILES string of the molecule is Nc1cc(C(=O)N[C@H]2CCCC[C@@H]2O)nc2ccccc12. The summed E-state index contributed by atoms with van der Waals surface area (Å²) in [7, 11) is 0. The van der Waals surface area contributed by atoms with Crippen LogP contribution in [-0.4, -0.2) is 28.1 Å². The lowest BCUT2D eigenvalue weighted by Crippen LogP contribution is -2.45. The third-order valence-electron chi connectivity index (χ3n) is 4.03. The predicted octanol–water partition coefficient (Wildman–Crippen LogP) is 1.85. The summed E-state index contributed by atoms with van der Waals surface area (Å²) in [5.74, 6) is -0.279. The van der Waals surface area contributed by atoms with E-state index in [0.29, 0.717) is 16.9 Å².